The van der Waals surface area contributed by atoms with Crippen molar-refractivity contribution >= 4 is 27.2 Å². The van der Waals surface area contributed by atoms with Gasteiger partial charge in [-0.25, -0.2) is 12.8 Å². The van der Waals surface area contributed by atoms with E-state index < -0.39 is 21.4 Å². The molecule has 0 aliphatic carbocycles. The first-order chi connectivity index (χ1) is 17.1. The van der Waals surface area contributed by atoms with E-state index in [2.05, 4.69) is 16.2 Å². The summed E-state index contributed by atoms with van der Waals surface area (Å²) in [7, 11) is -2.36. The number of aryl methyl sites for hydroxylation is 1. The number of methoxy groups -OCH3 is 1. The van der Waals surface area contributed by atoms with Crippen molar-refractivity contribution in [3.05, 3.63) is 76.0 Å². The average molecular weight is 530 g/mol. The number of halogens is 1. The van der Waals surface area contributed by atoms with E-state index >= 15 is 0 Å². The van der Waals surface area contributed by atoms with Crippen molar-refractivity contribution in [1.82, 2.24) is 9.27 Å². The summed E-state index contributed by atoms with van der Waals surface area (Å²) in [6.07, 6.45) is 0.974. The van der Waals surface area contributed by atoms with E-state index in [4.69, 9.17) is 4.74 Å². The van der Waals surface area contributed by atoms with Crippen LogP contribution in [0.5, 0.6) is 5.75 Å². The second-order valence-electron chi connectivity index (χ2n) is 9.48. The van der Waals surface area contributed by atoms with Crippen LogP contribution >= 0.6 is 11.5 Å². The highest BCUT2D eigenvalue weighted by Gasteiger charge is 2.55. The Balaban J connectivity index is 1.43. The number of rotatable bonds is 5. The molecule has 3 aromatic rings. The second-order valence-corrected chi connectivity index (χ2v) is 11.7. The summed E-state index contributed by atoms with van der Waals surface area (Å²) in [5, 5.41) is 13.6. The third-order valence-corrected chi connectivity index (χ3v) is 9.47. The molecular weight excluding hydrogens is 501 g/mol. The van der Waals surface area contributed by atoms with Crippen LogP contribution in [0.4, 0.5) is 10.1 Å². The minimum Gasteiger partial charge on any atom is -0.507 e. The van der Waals surface area contributed by atoms with Gasteiger partial charge >= 0.3 is 0 Å². The number of hydrogen-bond acceptors (Lipinski definition) is 7. The normalized spacial score (nSPS) is 23.7. The Morgan fingerprint density at radius 1 is 1.28 bits per heavy atom. The number of hydrogen-bond donors (Lipinski definition) is 1. The first-order valence-corrected chi connectivity index (χ1v) is 14.0. The number of phenols is 1. The van der Waals surface area contributed by atoms with Gasteiger partial charge in [0, 0.05) is 30.1 Å². The molecule has 2 atom stereocenters. The van der Waals surface area contributed by atoms with Crippen LogP contribution in [-0.4, -0.2) is 48.0 Å². The molecule has 190 valence electrons. The monoisotopic (exact) mass is 529 g/mol. The fraction of sp³-hybridized carbons (Fsp3) is 0.346. The third-order valence-electron chi connectivity index (χ3n) is 7.14. The zero-order valence-electron chi connectivity index (χ0n) is 20.3. The summed E-state index contributed by atoms with van der Waals surface area (Å²) in [6.45, 7) is 5.27. The lowest BCUT2D eigenvalue weighted by Crippen LogP contribution is -2.58. The van der Waals surface area contributed by atoms with Crippen LogP contribution in [0, 0.1) is 12.7 Å². The van der Waals surface area contributed by atoms with Crippen molar-refractivity contribution in [2.45, 2.75) is 44.8 Å². The van der Waals surface area contributed by atoms with E-state index in [1.165, 1.54) is 46.6 Å². The average Bonchev–Trinajstić information content (AvgIpc) is 3.34. The first kappa shape index (κ1) is 24.7. The van der Waals surface area contributed by atoms with Gasteiger partial charge in [-0.1, -0.05) is 12.1 Å². The fourth-order valence-electron chi connectivity index (χ4n) is 5.44. The predicted octanol–water partition coefficient (Wildman–Crippen LogP) is 5.02. The summed E-state index contributed by atoms with van der Waals surface area (Å²) in [5.41, 5.74) is 2.90. The number of piperidine rings is 1. The van der Waals surface area contributed by atoms with Gasteiger partial charge in [-0.15, -0.1) is 0 Å². The number of anilines is 1. The van der Waals surface area contributed by atoms with Gasteiger partial charge in [-0.05, 0) is 79.7 Å². The van der Waals surface area contributed by atoms with Crippen molar-refractivity contribution in [3.63, 3.8) is 0 Å². The molecule has 0 radical (unpaired) electrons. The summed E-state index contributed by atoms with van der Waals surface area (Å²) >= 11 is 1.36. The molecule has 10 heteroatoms. The molecule has 2 aromatic carbocycles. The number of nitrogens with zero attached hydrogens (tertiary/aromatic N) is 3. The third kappa shape index (κ3) is 4.16. The maximum Gasteiger partial charge on any atom is 0.261 e. The Hall–Kier alpha value is -2.95. The molecule has 7 nitrogen and oxygen atoms in total. The molecule has 1 aromatic heterocycles. The predicted molar refractivity (Wildman–Crippen MR) is 139 cm³/mol. The Kier molecular flexibility index (Phi) is 6.30. The summed E-state index contributed by atoms with van der Waals surface area (Å²) in [5.74, 6) is 0.0760. The molecule has 2 aliphatic rings. The molecule has 1 N–H and O–H groups in total. The highest BCUT2D eigenvalue weighted by atomic mass is 32.2. The summed E-state index contributed by atoms with van der Waals surface area (Å²) in [4.78, 5) is 2.29. The topological polar surface area (TPSA) is 83.0 Å². The van der Waals surface area contributed by atoms with Crippen molar-refractivity contribution in [2.75, 3.05) is 18.0 Å². The molecule has 3 heterocycles. The van der Waals surface area contributed by atoms with E-state index in [0.717, 1.165) is 16.8 Å². The van der Waals surface area contributed by atoms with Gasteiger partial charge < -0.3 is 9.84 Å². The number of sulfonamides is 1. The highest BCUT2D eigenvalue weighted by molar-refractivity contribution is 7.96. The van der Waals surface area contributed by atoms with E-state index in [9.17, 15) is 17.9 Å². The smallest absolute Gasteiger partial charge is 0.261 e. The number of aromatic nitrogens is 1. The van der Waals surface area contributed by atoms with Gasteiger partial charge in [-0.2, -0.15) is 4.37 Å². The molecule has 2 aliphatic heterocycles. The second kappa shape index (κ2) is 9.17. The van der Waals surface area contributed by atoms with Crippen molar-refractivity contribution in [2.24, 2.45) is 0 Å². The minimum atomic E-state index is -3.84. The quantitative estimate of drug-likeness (QED) is 0.500. The van der Waals surface area contributed by atoms with Gasteiger partial charge in [0.25, 0.3) is 10.0 Å². The lowest BCUT2D eigenvalue weighted by atomic mass is 9.81. The van der Waals surface area contributed by atoms with Gasteiger partial charge in [0.15, 0.2) is 0 Å². The number of ether oxygens (including phenoxy) is 1. The van der Waals surface area contributed by atoms with Crippen molar-refractivity contribution in [3.8, 4) is 17.0 Å². The number of phenolic OH excluding ortho intramolecular Hbond substituents is 1. The Morgan fingerprint density at radius 3 is 2.75 bits per heavy atom. The molecule has 36 heavy (non-hydrogen) atoms. The van der Waals surface area contributed by atoms with Gasteiger partial charge in [-0.3, -0.25) is 9.21 Å². The molecule has 0 unspecified atom stereocenters. The van der Waals surface area contributed by atoms with E-state index in [0.29, 0.717) is 42.9 Å². The molecular formula is C26H28FN3O4S2. The number of benzene rings is 2. The van der Waals surface area contributed by atoms with Crippen LogP contribution in [0.1, 0.15) is 30.9 Å². The molecule has 1 saturated heterocycles. The molecule has 0 bridgehead atoms. The van der Waals surface area contributed by atoms with Gasteiger partial charge in [0.1, 0.15) is 22.9 Å². The first-order valence-electron chi connectivity index (χ1n) is 11.7. The summed E-state index contributed by atoms with van der Waals surface area (Å²) < 4.78 is 51.9. The van der Waals surface area contributed by atoms with Gasteiger partial charge in [0.05, 0.1) is 23.9 Å². The number of aromatic hydroxyl groups is 1. The molecule has 1 spiro atoms. The Morgan fingerprint density at radius 2 is 2.08 bits per heavy atom. The maximum atomic E-state index is 14.1. The lowest BCUT2D eigenvalue weighted by molar-refractivity contribution is 0.0887. The van der Waals surface area contributed by atoms with E-state index in [-0.39, 0.29) is 11.8 Å². The molecule has 0 amide bonds. The van der Waals surface area contributed by atoms with Crippen LogP contribution < -0.4 is 4.31 Å². The van der Waals surface area contributed by atoms with E-state index in [1.807, 2.05) is 24.4 Å². The Labute approximate surface area is 214 Å². The van der Waals surface area contributed by atoms with Crippen LogP contribution in [0.2, 0.25) is 0 Å². The van der Waals surface area contributed by atoms with Crippen molar-refractivity contribution < 1.29 is 22.7 Å². The fourth-order valence-corrected chi connectivity index (χ4v) is 7.95. The minimum absolute atomic E-state index is 0.0000733. The molecule has 1 fully saturated rings. The maximum absolute atomic E-state index is 14.1. The molecule has 5 rings (SSSR count). The van der Waals surface area contributed by atoms with Crippen LogP contribution in [0.3, 0.4) is 0 Å². The van der Waals surface area contributed by atoms with Crippen LogP contribution in [0.15, 0.2) is 59.0 Å². The largest absolute Gasteiger partial charge is 0.507 e. The van der Waals surface area contributed by atoms with Crippen LogP contribution in [0.25, 0.3) is 11.3 Å². The zero-order valence-corrected chi connectivity index (χ0v) is 21.9. The Bertz CT molecular complexity index is 1440. The van der Waals surface area contributed by atoms with Crippen molar-refractivity contribution in [1.29, 1.82) is 0 Å². The van der Waals surface area contributed by atoms with E-state index in [1.54, 1.807) is 12.1 Å². The number of likely N-dealkylation sites (tertiary alicyclic amines) is 1. The highest BCUT2D eigenvalue weighted by Crippen LogP contribution is 2.48. The lowest BCUT2D eigenvalue weighted by Gasteiger charge is -2.48. The molecule has 0 saturated carbocycles. The summed E-state index contributed by atoms with van der Waals surface area (Å²) in [6, 6.07) is 11.2. The zero-order chi connectivity index (χ0) is 25.7. The standard InChI is InChI=1S/C26H28FN3O4S2/c1-17-15-35-28-25(17)22-11-19(7-8-23(22)31)14-29-10-9-26(13-18(29)2)24(34-3)16-36(32,33)30(26)21-6-4-5-20(27)12-21/h4-8,11-12,15-16,18,31H,9-10,13-14H2,1-3H3/t18-,26+/m0/s1. The van der Waals surface area contributed by atoms with Gasteiger partial charge in [0.2, 0.25) is 0 Å². The SMILES string of the molecule is COC1=CS(=O)(=O)N(c2cccc(F)c2)[C@@]12CCN(Cc1ccc(O)c(-c3nscc3C)c1)[C@@H](C)C2. The van der Waals surface area contributed by atoms with Crippen LogP contribution in [-0.2, 0) is 21.3 Å².